The van der Waals surface area contributed by atoms with Crippen LogP contribution in [0.4, 0.5) is 51.2 Å². The quantitative estimate of drug-likeness (QED) is 0.127. The van der Waals surface area contributed by atoms with E-state index in [-0.39, 0.29) is 77.5 Å². The van der Waals surface area contributed by atoms with Crippen LogP contribution in [0.25, 0.3) is 122 Å². The molecule has 7 heterocycles. The van der Waals surface area contributed by atoms with Crippen molar-refractivity contribution in [1.29, 1.82) is 0 Å². The molecule has 2 aromatic heterocycles. The molecule has 0 bridgehead atoms. The topological polar surface area (TPSA) is 28.8 Å². The first-order chi connectivity index (χ1) is 70.5. The molecule has 0 radical (unpaired) electrons. The van der Waals surface area contributed by atoms with Crippen molar-refractivity contribution in [1.82, 2.24) is 9.13 Å². The number of fused-ring (bicyclic) bond motifs is 17. The Labute approximate surface area is 764 Å². The van der Waals surface area contributed by atoms with Crippen LogP contribution < -0.4 is 52.2 Å². The molecule has 6 nitrogen and oxygen atoms in total. The number of benzene rings is 18. The van der Waals surface area contributed by atoms with Gasteiger partial charge < -0.3 is 28.6 Å². The number of nitrogens with zero attached hydrogens (tertiary/aromatic N) is 5. The Bertz CT molecular complexity index is 9050. The molecule has 25 rings (SSSR count). The van der Waals surface area contributed by atoms with E-state index in [4.69, 9.17) is 8.85 Å². The van der Waals surface area contributed by atoms with Crippen molar-refractivity contribution in [3.63, 3.8) is 0 Å². The molecular weight excluding hydrogens is 1530 g/mol. The average Bonchev–Trinajstić information content (AvgIpc) is 1.65. The standard InChI is InChI=1S/C116H83B2N5OS/c1-115(2,3)80-64-87(74-38-17-9-18-39-74)110(88(65-80)75-40-19-10-20-41-75)122-101-68-82(119-96-50-27-25-46-84(96)85-47-26-28-51-97(85)119)58-60-92(101)117-95-71-104-109-114(124-105-63-79(73-36-15-8-16-37-73)56-59-93(105)118(109)94-49-33-48-86-91-62-78(72-34-13-7-14-35-72)57-61-98(91)121(104)112(86)94)113(95)123(111-89(76-42-21-11-22-43-76)66-81(116(4,5)6)67-90(111)77-44-23-12-24-45-77)103-70-83(69-102(122)108(103)117)120-99-52-29-31-54-106(99)125-107-55-32-30-53-100(107)120/h7-71H,1-6H3/i7D,13D,14D,25D,26D,27D,28D,33D,34D,35D,46D,47D,48D,49D,50D,51D,57D,58D,60D,61D,62D,68D. The zero-order chi connectivity index (χ0) is 102. The van der Waals surface area contributed by atoms with Gasteiger partial charge in [-0.1, -0.05) is 338 Å². The minimum absolute atomic E-state index is 0.0181. The first-order valence-corrected chi connectivity index (χ1v) is 42.7. The summed E-state index contributed by atoms with van der Waals surface area (Å²) in [5.74, 6) is 0.353. The fourth-order valence-electron chi connectivity index (χ4n) is 19.6. The Morgan fingerprint density at radius 2 is 0.792 bits per heavy atom. The first kappa shape index (κ1) is 53.9. The van der Waals surface area contributed by atoms with Crippen molar-refractivity contribution in [3.05, 3.63) is 405 Å². The highest BCUT2D eigenvalue weighted by Crippen LogP contribution is 2.60. The molecule has 0 saturated carbocycles. The van der Waals surface area contributed by atoms with E-state index in [9.17, 15) is 26.0 Å². The van der Waals surface area contributed by atoms with Gasteiger partial charge in [-0.15, -0.1) is 0 Å². The van der Waals surface area contributed by atoms with Crippen molar-refractivity contribution < 1.29 is 34.9 Å². The number of para-hydroxylation sites is 5. The molecule has 5 aliphatic heterocycles. The van der Waals surface area contributed by atoms with Gasteiger partial charge >= 0.3 is 0 Å². The van der Waals surface area contributed by atoms with Gasteiger partial charge in [0.2, 0.25) is 0 Å². The Hall–Kier alpha value is -14.8. The van der Waals surface area contributed by atoms with E-state index < -0.39 is 185 Å². The van der Waals surface area contributed by atoms with Gasteiger partial charge in [-0.2, -0.15) is 0 Å². The maximum absolute atomic E-state index is 12.4. The number of hydrogen-bond donors (Lipinski definition) is 0. The van der Waals surface area contributed by atoms with Crippen molar-refractivity contribution in [2.45, 2.75) is 62.2 Å². The second-order valence-corrected chi connectivity index (χ2v) is 35.6. The minimum Gasteiger partial charge on any atom is -0.456 e. The lowest BCUT2D eigenvalue weighted by atomic mass is 9.31. The lowest BCUT2D eigenvalue weighted by Crippen LogP contribution is -2.64. The van der Waals surface area contributed by atoms with E-state index >= 15 is 0 Å². The molecule has 0 amide bonds. The fourth-order valence-corrected chi connectivity index (χ4v) is 20.7. The van der Waals surface area contributed by atoms with Gasteiger partial charge in [0.25, 0.3) is 13.4 Å². The second-order valence-electron chi connectivity index (χ2n) is 34.5. The van der Waals surface area contributed by atoms with Gasteiger partial charge in [0.15, 0.2) is 0 Å². The summed E-state index contributed by atoms with van der Waals surface area (Å²) in [6.07, 6.45) is 0. The van der Waals surface area contributed by atoms with E-state index in [2.05, 4.69) is 136 Å². The fraction of sp³-hybridized carbons (Fsp3) is 0.0690. The predicted molar refractivity (Wildman–Crippen MR) is 529 cm³/mol. The van der Waals surface area contributed by atoms with Crippen molar-refractivity contribution >= 4 is 153 Å². The lowest BCUT2D eigenvalue weighted by Gasteiger charge is -2.48. The highest BCUT2D eigenvalue weighted by atomic mass is 32.2. The van der Waals surface area contributed by atoms with E-state index in [1.54, 1.807) is 16.3 Å². The van der Waals surface area contributed by atoms with Gasteiger partial charge in [-0.3, -0.25) is 0 Å². The number of hydrogen-bond acceptors (Lipinski definition) is 5. The molecule has 18 aromatic carbocycles. The van der Waals surface area contributed by atoms with E-state index in [0.717, 1.165) is 53.6 Å². The summed E-state index contributed by atoms with van der Waals surface area (Å²) >= 11 is 1.60. The van der Waals surface area contributed by atoms with Crippen LogP contribution in [0.5, 0.6) is 11.5 Å². The van der Waals surface area contributed by atoms with E-state index in [0.29, 0.717) is 83.8 Å². The van der Waals surface area contributed by atoms with Crippen LogP contribution >= 0.6 is 11.8 Å². The van der Waals surface area contributed by atoms with Gasteiger partial charge in [-0.05, 0) is 208 Å². The first-order valence-electron chi connectivity index (χ1n) is 52.9. The molecule has 20 aromatic rings. The van der Waals surface area contributed by atoms with Crippen molar-refractivity contribution in [2.75, 3.05) is 14.7 Å². The summed E-state index contributed by atoms with van der Waals surface area (Å²) in [6.45, 7) is 10.1. The largest absolute Gasteiger partial charge is 0.456 e. The van der Waals surface area contributed by atoms with Crippen LogP contribution in [-0.4, -0.2) is 22.6 Å². The molecule has 125 heavy (non-hydrogen) atoms. The molecule has 590 valence electrons. The molecule has 0 fully saturated rings. The van der Waals surface area contributed by atoms with E-state index in [1.165, 1.54) is 0 Å². The minimum atomic E-state index is -1.53. The summed E-state index contributed by atoms with van der Waals surface area (Å²) in [5.41, 5.74) is 10.9. The number of rotatable bonds is 10. The molecule has 0 spiro atoms. The summed E-state index contributed by atoms with van der Waals surface area (Å²) < 4.78 is 235. The van der Waals surface area contributed by atoms with Crippen LogP contribution in [0.2, 0.25) is 0 Å². The van der Waals surface area contributed by atoms with Crippen molar-refractivity contribution in [3.8, 4) is 89.6 Å². The maximum atomic E-state index is 12.4. The highest BCUT2D eigenvalue weighted by Gasteiger charge is 2.52. The van der Waals surface area contributed by atoms with Crippen LogP contribution in [0.3, 0.4) is 0 Å². The molecule has 0 aliphatic carbocycles. The molecule has 0 saturated heterocycles. The van der Waals surface area contributed by atoms with Gasteiger partial charge in [-0.25, -0.2) is 0 Å². The zero-order valence-electron chi connectivity index (χ0n) is 90.5. The summed E-state index contributed by atoms with van der Waals surface area (Å²) in [7, 11) is 0. The number of aromatic nitrogens is 2. The number of anilines is 9. The van der Waals surface area contributed by atoms with Crippen LogP contribution in [0, 0.1) is 0 Å². The van der Waals surface area contributed by atoms with Gasteiger partial charge in [0, 0.05) is 87.5 Å². The average molecular weight is 1640 g/mol. The molecule has 5 aliphatic rings. The molecular formula is C116H83B2N5OS. The molecule has 9 heteroatoms. The summed E-state index contributed by atoms with van der Waals surface area (Å²) in [6, 6.07) is 71.4. The normalized spacial score (nSPS) is 15.8. The van der Waals surface area contributed by atoms with Gasteiger partial charge in [0.1, 0.15) is 11.5 Å². The lowest BCUT2D eigenvalue weighted by molar-refractivity contribution is 0.489. The summed E-state index contributed by atoms with van der Waals surface area (Å²) in [5, 5.41) is -1.04. The number of ether oxygens (including phenoxy) is 1. The van der Waals surface area contributed by atoms with Crippen LogP contribution in [-0.2, 0) is 10.8 Å². The van der Waals surface area contributed by atoms with E-state index in [1.807, 2.05) is 181 Å². The molecule has 0 atom stereocenters. The van der Waals surface area contributed by atoms with Crippen LogP contribution in [0.1, 0.15) is 82.8 Å². The maximum Gasteiger partial charge on any atom is 0.256 e. The Kier molecular flexibility index (Phi) is 12.0. The Balaban J connectivity index is 0.964. The smallest absolute Gasteiger partial charge is 0.256 e. The Morgan fingerprint density at radius 3 is 1.36 bits per heavy atom. The molecule has 0 unspecified atom stereocenters. The zero-order valence-corrected chi connectivity index (χ0v) is 69.3. The van der Waals surface area contributed by atoms with Crippen molar-refractivity contribution in [2.24, 2.45) is 0 Å². The van der Waals surface area contributed by atoms with Crippen LogP contribution in [0.15, 0.2) is 404 Å². The third-order valence-corrected chi connectivity index (χ3v) is 26.4. The highest BCUT2D eigenvalue weighted by molar-refractivity contribution is 7.99. The monoisotopic (exact) mass is 1640 g/mol. The SMILES string of the molecule is [2H]c1c([2H])c([2H])c(-c2c([2H])c([2H])c3c(c2[2H])c2c([2H])c([2H])c([2H])c4c2n3-c2cc3c(c5c2B4c2ccc(-c4ccccc4)cc2O5)N(c2c(-c4ccccc4)cc(C(C)(C)C)cc2-c2ccccc2)c2cc(N4c5ccccc5Sc5ccccc54)cc4c2B3c2c([2H])c([2H])c(-n3c5c([2H])c([2H])c([2H])c([2H])c5c5c([2H])c([2H])c([2H])c([2H])c53)c([2H])c2N4c2c(-c3ccccc3)cc(C(C)(C)C)cc2-c2ccccc2)c([2H])c1[2H]. The second kappa shape index (κ2) is 27.9. The Morgan fingerprint density at radius 1 is 0.296 bits per heavy atom. The third-order valence-electron chi connectivity index (χ3n) is 25.3. The third kappa shape index (κ3) is 11.2. The van der Waals surface area contributed by atoms with Gasteiger partial charge in [0.05, 0.1) is 80.8 Å². The molecule has 0 N–H and O–H groups in total. The summed E-state index contributed by atoms with van der Waals surface area (Å²) in [4.78, 5) is 8.25. The predicted octanol–water partition coefficient (Wildman–Crippen LogP) is 27.4.